The summed E-state index contributed by atoms with van der Waals surface area (Å²) in [6.45, 7) is 0. The summed E-state index contributed by atoms with van der Waals surface area (Å²) in [7, 11) is 1.27. The fourth-order valence-electron chi connectivity index (χ4n) is 1.01. The molecule has 5 nitrogen and oxygen atoms in total. The lowest BCUT2D eigenvalue weighted by Crippen LogP contribution is -1.97. The average Bonchev–Trinajstić information content (AvgIpc) is 3.04. The maximum absolute atomic E-state index is 11.0. The summed E-state index contributed by atoms with van der Waals surface area (Å²) in [5, 5.41) is 19.4. The number of hydrogen-bond acceptors (Lipinski definition) is 6. The molecule has 0 atom stereocenters. The number of thiophene rings is 2. The topological polar surface area (TPSA) is 83.8 Å². The van der Waals surface area contributed by atoms with Gasteiger partial charge in [-0.2, -0.15) is 0 Å². The Balaban J connectivity index is 0.000000217. The molecule has 2 aromatic rings. The summed E-state index contributed by atoms with van der Waals surface area (Å²) >= 11 is 8.62. The quantitative estimate of drug-likeness (QED) is 0.679. The highest BCUT2D eigenvalue weighted by atomic mass is 79.9. The van der Waals surface area contributed by atoms with Crippen LogP contribution >= 0.6 is 54.5 Å². The second-order valence-electron chi connectivity index (χ2n) is 3.14. The third-order valence-corrected chi connectivity index (χ3v) is 6.14. The molecule has 0 spiro atoms. The molecule has 108 valence electrons. The van der Waals surface area contributed by atoms with Gasteiger partial charge in [0, 0.05) is 0 Å². The van der Waals surface area contributed by atoms with Gasteiger partial charge in [0.1, 0.15) is 4.88 Å². The Kier molecular flexibility index (Phi) is 6.66. The highest BCUT2D eigenvalue weighted by Gasteiger charge is 2.20. The number of ether oxygens (including phenoxy) is 1. The smallest absolute Gasteiger partial charge is 0.351 e. The Bertz CT molecular complexity index is 607. The molecule has 0 saturated carbocycles. The van der Waals surface area contributed by atoms with E-state index in [0.29, 0.717) is 13.1 Å². The van der Waals surface area contributed by atoms with Gasteiger partial charge in [-0.05, 0) is 43.3 Å². The molecule has 2 rings (SSSR count). The summed E-state index contributed by atoms with van der Waals surface area (Å²) in [4.78, 5) is 21.6. The van der Waals surface area contributed by atoms with Crippen molar-refractivity contribution in [3.8, 4) is 5.75 Å². The van der Waals surface area contributed by atoms with Crippen LogP contribution in [0.25, 0.3) is 0 Å². The van der Waals surface area contributed by atoms with E-state index < -0.39 is 11.9 Å². The Morgan fingerprint density at radius 1 is 1.35 bits per heavy atom. The second-order valence-corrected chi connectivity index (χ2v) is 7.22. The summed E-state index contributed by atoms with van der Waals surface area (Å²) in [5.74, 6) is -1.47. The van der Waals surface area contributed by atoms with Crippen LogP contribution in [0, 0.1) is 0 Å². The minimum absolute atomic E-state index is 0.0845. The molecule has 0 aliphatic heterocycles. The lowest BCUT2D eigenvalue weighted by Gasteiger charge is -1.94. The van der Waals surface area contributed by atoms with E-state index in [1.165, 1.54) is 18.4 Å². The van der Waals surface area contributed by atoms with Crippen LogP contribution in [0.1, 0.15) is 19.3 Å². The number of rotatable bonds is 2. The maximum Gasteiger partial charge on any atom is 0.351 e. The normalized spacial score (nSPS) is 9.55. The molecule has 0 fully saturated rings. The van der Waals surface area contributed by atoms with Crippen LogP contribution < -0.4 is 0 Å². The molecule has 0 aliphatic rings. The lowest BCUT2D eigenvalue weighted by atomic mass is 10.4. The minimum atomic E-state index is -0.847. The van der Waals surface area contributed by atoms with Gasteiger partial charge in [0.2, 0.25) is 0 Å². The van der Waals surface area contributed by atoms with Crippen LogP contribution in [0.3, 0.4) is 0 Å². The van der Waals surface area contributed by atoms with Crippen molar-refractivity contribution in [1.82, 2.24) is 0 Å². The monoisotopic (exact) mass is 442 g/mol. The molecular weight excluding hydrogens is 436 g/mol. The zero-order valence-electron chi connectivity index (χ0n) is 9.92. The predicted octanol–water partition coefficient (Wildman–Crippen LogP) is 4.21. The number of carbonyl (C=O) groups excluding carboxylic acids is 1. The molecule has 2 N–H and O–H groups in total. The first kappa shape index (κ1) is 17.2. The summed E-state index contributed by atoms with van der Waals surface area (Å²) in [6.07, 6.45) is 0. The first-order valence-electron chi connectivity index (χ1n) is 4.90. The maximum atomic E-state index is 11.0. The van der Waals surface area contributed by atoms with Gasteiger partial charge >= 0.3 is 11.9 Å². The first-order valence-corrected chi connectivity index (χ1v) is 8.18. The fourth-order valence-corrected chi connectivity index (χ4v) is 3.55. The summed E-state index contributed by atoms with van der Waals surface area (Å²) < 4.78 is 5.60. The Morgan fingerprint density at radius 3 is 2.30 bits per heavy atom. The van der Waals surface area contributed by atoms with Crippen molar-refractivity contribution in [2.75, 3.05) is 7.11 Å². The van der Waals surface area contributed by atoms with E-state index in [1.54, 1.807) is 17.5 Å². The van der Waals surface area contributed by atoms with Gasteiger partial charge in [0.05, 0.1) is 15.4 Å². The number of methoxy groups -OCH3 is 1. The van der Waals surface area contributed by atoms with Gasteiger partial charge in [-0.1, -0.05) is 6.07 Å². The van der Waals surface area contributed by atoms with Crippen molar-refractivity contribution >= 4 is 66.5 Å². The van der Waals surface area contributed by atoms with Gasteiger partial charge in [-0.25, -0.2) is 9.59 Å². The van der Waals surface area contributed by atoms with Crippen LogP contribution in [0.5, 0.6) is 5.75 Å². The standard InChI is InChI=1S/C6H4Br2O3S.C5H4O2S/c1-11-6(10)4-3(9)2(7)5(8)12-4;6-5(7)4-2-1-3-8-4/h9H,1H3;1-3H,(H,6,7). The third-order valence-electron chi connectivity index (χ3n) is 1.89. The van der Waals surface area contributed by atoms with Crippen LogP contribution in [0.15, 0.2) is 25.8 Å². The van der Waals surface area contributed by atoms with Gasteiger partial charge in [-0.15, -0.1) is 22.7 Å². The number of carboxylic acid groups (broad SMARTS) is 1. The van der Waals surface area contributed by atoms with Crippen molar-refractivity contribution in [3.63, 3.8) is 0 Å². The van der Waals surface area contributed by atoms with Gasteiger partial charge in [0.15, 0.2) is 10.6 Å². The van der Waals surface area contributed by atoms with Gasteiger partial charge in [-0.3, -0.25) is 0 Å². The highest BCUT2D eigenvalue weighted by Crippen LogP contribution is 2.42. The molecule has 0 aromatic carbocycles. The zero-order chi connectivity index (χ0) is 15.3. The molecule has 0 bridgehead atoms. The molecule has 0 amide bonds. The number of carbonyl (C=O) groups is 2. The molecule has 20 heavy (non-hydrogen) atoms. The Labute approximate surface area is 139 Å². The molecule has 0 saturated heterocycles. The van der Waals surface area contributed by atoms with Crippen molar-refractivity contribution in [3.05, 3.63) is 35.5 Å². The largest absolute Gasteiger partial charge is 0.505 e. The number of halogens is 2. The van der Waals surface area contributed by atoms with E-state index in [2.05, 4.69) is 36.6 Å². The molecule has 2 heterocycles. The number of aromatic hydroxyl groups is 1. The first-order chi connectivity index (χ1) is 9.38. The summed E-state index contributed by atoms with van der Waals surface area (Å²) in [5.41, 5.74) is 0. The number of aromatic carboxylic acids is 1. The molecule has 9 heteroatoms. The average molecular weight is 444 g/mol. The molecule has 0 unspecified atom stereocenters. The van der Waals surface area contributed by atoms with Crippen molar-refractivity contribution in [1.29, 1.82) is 0 Å². The van der Waals surface area contributed by atoms with Crippen LogP contribution in [-0.4, -0.2) is 29.3 Å². The minimum Gasteiger partial charge on any atom is -0.505 e. The number of carboxylic acids is 1. The number of hydrogen-bond donors (Lipinski definition) is 2. The van der Waals surface area contributed by atoms with Gasteiger partial charge in [0.25, 0.3) is 0 Å². The van der Waals surface area contributed by atoms with Crippen molar-refractivity contribution in [2.24, 2.45) is 0 Å². The SMILES string of the molecule is COC(=O)c1sc(Br)c(Br)c1O.O=C(O)c1cccs1. The van der Waals surface area contributed by atoms with E-state index >= 15 is 0 Å². The lowest BCUT2D eigenvalue weighted by molar-refractivity contribution is 0.0602. The zero-order valence-corrected chi connectivity index (χ0v) is 14.7. The Hall–Kier alpha value is -0.900. The van der Waals surface area contributed by atoms with Crippen LogP contribution in [-0.2, 0) is 4.74 Å². The molecule has 0 radical (unpaired) electrons. The van der Waals surface area contributed by atoms with E-state index in [1.807, 2.05) is 0 Å². The molecule has 0 aliphatic carbocycles. The van der Waals surface area contributed by atoms with Crippen molar-refractivity contribution < 1.29 is 24.5 Å². The van der Waals surface area contributed by atoms with E-state index in [0.717, 1.165) is 11.3 Å². The van der Waals surface area contributed by atoms with E-state index in [-0.39, 0.29) is 10.6 Å². The highest BCUT2D eigenvalue weighted by molar-refractivity contribution is 9.13. The fraction of sp³-hybridized carbons (Fsp3) is 0.0909. The number of esters is 1. The Morgan fingerprint density at radius 2 is 2.00 bits per heavy atom. The second kappa shape index (κ2) is 7.77. The van der Waals surface area contributed by atoms with E-state index in [4.69, 9.17) is 5.11 Å². The van der Waals surface area contributed by atoms with Gasteiger partial charge < -0.3 is 14.9 Å². The van der Waals surface area contributed by atoms with Crippen molar-refractivity contribution in [2.45, 2.75) is 0 Å². The molecule has 2 aromatic heterocycles. The third kappa shape index (κ3) is 4.30. The van der Waals surface area contributed by atoms with Crippen LogP contribution in [0.4, 0.5) is 0 Å². The van der Waals surface area contributed by atoms with E-state index in [9.17, 15) is 14.7 Å². The summed E-state index contributed by atoms with van der Waals surface area (Å²) in [6, 6.07) is 3.29. The van der Waals surface area contributed by atoms with Crippen LogP contribution in [0.2, 0.25) is 0 Å². The molecular formula is C11H8Br2O5S2. The predicted molar refractivity (Wildman–Crippen MR) is 84.0 cm³/mol.